The Bertz CT molecular complexity index is 549. The molecule has 2 aromatic rings. The molecule has 3 nitrogen and oxygen atoms in total. The highest BCUT2D eigenvalue weighted by molar-refractivity contribution is 6.06. The van der Waals surface area contributed by atoms with Gasteiger partial charge in [-0.15, -0.1) is 0 Å². The van der Waals surface area contributed by atoms with Gasteiger partial charge >= 0.3 is 5.97 Å². The van der Waals surface area contributed by atoms with E-state index in [1.165, 1.54) is 6.07 Å². The third kappa shape index (κ3) is 1.40. The van der Waals surface area contributed by atoms with Crippen molar-refractivity contribution >= 4 is 16.7 Å². The van der Waals surface area contributed by atoms with Crippen molar-refractivity contribution in [2.24, 2.45) is 0 Å². The van der Waals surface area contributed by atoms with Gasteiger partial charge in [-0.25, -0.2) is 9.18 Å². The first-order valence-corrected chi connectivity index (χ1v) is 4.25. The molecule has 0 atom stereocenters. The first kappa shape index (κ1) is 9.45. The Hall–Kier alpha value is -2.10. The highest BCUT2D eigenvalue weighted by Gasteiger charge is 2.17. The van der Waals surface area contributed by atoms with Gasteiger partial charge in [0.25, 0.3) is 0 Å². The molecule has 2 N–H and O–H groups in total. The van der Waals surface area contributed by atoms with Crippen molar-refractivity contribution in [3.05, 3.63) is 41.7 Å². The molecule has 0 aliphatic rings. The molecule has 0 unspecified atom stereocenters. The molecular formula is C11H7FO3. The average Bonchev–Trinajstić information content (AvgIpc) is 2.19. The number of carboxylic acids is 1. The molecule has 0 aliphatic heterocycles. The minimum atomic E-state index is -1.34. The summed E-state index contributed by atoms with van der Waals surface area (Å²) in [6, 6.07) is 7.52. The van der Waals surface area contributed by atoms with Crippen molar-refractivity contribution in [3.63, 3.8) is 0 Å². The van der Waals surface area contributed by atoms with Gasteiger partial charge in [0.15, 0.2) is 11.6 Å². The molecule has 0 spiro atoms. The fraction of sp³-hybridized carbons (Fsp3) is 0. The fourth-order valence-corrected chi connectivity index (χ4v) is 1.52. The van der Waals surface area contributed by atoms with Crippen LogP contribution in [0.25, 0.3) is 10.8 Å². The molecule has 0 saturated carbocycles. The van der Waals surface area contributed by atoms with Crippen molar-refractivity contribution in [1.82, 2.24) is 0 Å². The molecule has 15 heavy (non-hydrogen) atoms. The Morgan fingerprint density at radius 2 is 1.93 bits per heavy atom. The Kier molecular flexibility index (Phi) is 2.04. The zero-order valence-corrected chi connectivity index (χ0v) is 7.57. The van der Waals surface area contributed by atoms with E-state index in [2.05, 4.69) is 0 Å². The van der Waals surface area contributed by atoms with Gasteiger partial charge in [0, 0.05) is 5.39 Å². The van der Waals surface area contributed by atoms with Crippen LogP contribution < -0.4 is 0 Å². The van der Waals surface area contributed by atoms with Crippen LogP contribution in [0, 0.1) is 5.82 Å². The quantitative estimate of drug-likeness (QED) is 0.753. The summed E-state index contributed by atoms with van der Waals surface area (Å²) >= 11 is 0. The van der Waals surface area contributed by atoms with Crippen LogP contribution in [0.15, 0.2) is 30.3 Å². The number of aromatic carboxylic acids is 1. The van der Waals surface area contributed by atoms with E-state index in [0.29, 0.717) is 10.8 Å². The van der Waals surface area contributed by atoms with E-state index < -0.39 is 23.1 Å². The average molecular weight is 206 g/mol. The van der Waals surface area contributed by atoms with Gasteiger partial charge in [-0.2, -0.15) is 0 Å². The van der Waals surface area contributed by atoms with E-state index in [4.69, 9.17) is 5.11 Å². The molecule has 4 heteroatoms. The first-order chi connectivity index (χ1) is 7.11. The van der Waals surface area contributed by atoms with Gasteiger partial charge in [-0.1, -0.05) is 24.3 Å². The summed E-state index contributed by atoms with van der Waals surface area (Å²) in [5.41, 5.74) is -0.398. The van der Waals surface area contributed by atoms with Crippen LogP contribution in [0.4, 0.5) is 4.39 Å². The second-order valence-electron chi connectivity index (χ2n) is 3.11. The number of phenols is 1. The van der Waals surface area contributed by atoms with Crippen LogP contribution in [0.2, 0.25) is 0 Å². The molecule has 76 valence electrons. The van der Waals surface area contributed by atoms with E-state index in [1.54, 1.807) is 18.2 Å². The SMILES string of the molecule is O=C(O)c1c(O)c(F)cc2ccccc12. The van der Waals surface area contributed by atoms with E-state index >= 15 is 0 Å². The summed E-state index contributed by atoms with van der Waals surface area (Å²) in [6.07, 6.45) is 0. The highest BCUT2D eigenvalue weighted by atomic mass is 19.1. The Morgan fingerprint density at radius 1 is 1.27 bits per heavy atom. The predicted octanol–water partition coefficient (Wildman–Crippen LogP) is 2.38. The lowest BCUT2D eigenvalue weighted by atomic mass is 10.0. The zero-order chi connectivity index (χ0) is 11.0. The minimum absolute atomic E-state index is 0.323. The summed E-state index contributed by atoms with van der Waals surface area (Å²) in [5, 5.41) is 18.9. The van der Waals surface area contributed by atoms with Gasteiger partial charge in [-0.3, -0.25) is 0 Å². The van der Waals surface area contributed by atoms with E-state index in [9.17, 15) is 14.3 Å². The normalized spacial score (nSPS) is 10.5. The summed E-state index contributed by atoms with van der Waals surface area (Å²) in [4.78, 5) is 10.9. The topological polar surface area (TPSA) is 57.5 Å². The van der Waals surface area contributed by atoms with Gasteiger partial charge in [0.1, 0.15) is 5.56 Å². The van der Waals surface area contributed by atoms with Gasteiger partial charge in [0.05, 0.1) is 0 Å². The van der Waals surface area contributed by atoms with Crippen LogP contribution in [0.3, 0.4) is 0 Å². The maximum atomic E-state index is 13.2. The predicted molar refractivity (Wildman–Crippen MR) is 52.5 cm³/mol. The maximum Gasteiger partial charge on any atom is 0.340 e. The van der Waals surface area contributed by atoms with Crippen molar-refractivity contribution in [2.45, 2.75) is 0 Å². The number of halogens is 1. The molecule has 2 aromatic carbocycles. The van der Waals surface area contributed by atoms with Gasteiger partial charge in [-0.05, 0) is 11.5 Å². The van der Waals surface area contributed by atoms with Crippen molar-refractivity contribution in [3.8, 4) is 5.75 Å². The summed E-state index contributed by atoms with van der Waals surface area (Å²) in [7, 11) is 0. The summed E-state index contributed by atoms with van der Waals surface area (Å²) in [6.45, 7) is 0. The van der Waals surface area contributed by atoms with Crippen molar-refractivity contribution in [2.75, 3.05) is 0 Å². The zero-order valence-electron chi connectivity index (χ0n) is 7.57. The van der Waals surface area contributed by atoms with Crippen LogP contribution in [0.5, 0.6) is 5.75 Å². The molecule has 0 saturated heterocycles. The molecule has 0 fully saturated rings. The number of fused-ring (bicyclic) bond motifs is 1. The molecule has 0 aliphatic carbocycles. The molecule has 2 rings (SSSR count). The second-order valence-corrected chi connectivity index (χ2v) is 3.11. The van der Waals surface area contributed by atoms with Crippen LogP contribution in [-0.4, -0.2) is 16.2 Å². The minimum Gasteiger partial charge on any atom is -0.504 e. The standard InChI is InChI=1S/C11H7FO3/c12-8-5-6-3-1-2-4-7(6)9(10(8)13)11(14)15/h1-5,13H,(H,14,15). The van der Waals surface area contributed by atoms with Crippen LogP contribution in [-0.2, 0) is 0 Å². The van der Waals surface area contributed by atoms with Gasteiger partial charge < -0.3 is 10.2 Å². The van der Waals surface area contributed by atoms with Crippen molar-refractivity contribution in [1.29, 1.82) is 0 Å². The second kappa shape index (κ2) is 3.24. The molecule has 0 radical (unpaired) electrons. The van der Waals surface area contributed by atoms with Crippen LogP contribution >= 0.6 is 0 Å². The number of hydrogen-bond acceptors (Lipinski definition) is 2. The molecule has 0 bridgehead atoms. The number of rotatable bonds is 1. The number of benzene rings is 2. The molecule has 0 amide bonds. The first-order valence-electron chi connectivity index (χ1n) is 4.25. The van der Waals surface area contributed by atoms with Crippen molar-refractivity contribution < 1.29 is 19.4 Å². The summed E-state index contributed by atoms with van der Waals surface area (Å²) in [5.74, 6) is -3.09. The number of aromatic hydroxyl groups is 1. The van der Waals surface area contributed by atoms with E-state index in [1.807, 2.05) is 0 Å². The number of carbonyl (C=O) groups is 1. The lowest BCUT2D eigenvalue weighted by molar-refractivity contribution is 0.0695. The lowest BCUT2D eigenvalue weighted by Crippen LogP contribution is -1.99. The van der Waals surface area contributed by atoms with Gasteiger partial charge in [0.2, 0.25) is 0 Å². The fourth-order valence-electron chi connectivity index (χ4n) is 1.52. The lowest BCUT2D eigenvalue weighted by Gasteiger charge is -2.05. The third-order valence-corrected chi connectivity index (χ3v) is 2.19. The largest absolute Gasteiger partial charge is 0.504 e. The monoisotopic (exact) mass is 206 g/mol. The number of hydrogen-bond donors (Lipinski definition) is 2. The Morgan fingerprint density at radius 3 is 2.60 bits per heavy atom. The maximum absolute atomic E-state index is 13.2. The van der Waals surface area contributed by atoms with Crippen LogP contribution in [0.1, 0.15) is 10.4 Å². The smallest absolute Gasteiger partial charge is 0.340 e. The Balaban J connectivity index is 2.95. The summed E-state index contributed by atoms with van der Waals surface area (Å²) < 4.78 is 13.2. The highest BCUT2D eigenvalue weighted by Crippen LogP contribution is 2.29. The molecule has 0 heterocycles. The number of carboxylic acid groups (broad SMARTS) is 1. The van der Waals surface area contributed by atoms with E-state index in [-0.39, 0.29) is 0 Å². The van der Waals surface area contributed by atoms with E-state index in [0.717, 1.165) is 6.07 Å². The third-order valence-electron chi connectivity index (χ3n) is 2.19. The molecular weight excluding hydrogens is 199 g/mol. The Labute approximate surface area is 84.4 Å². The molecule has 0 aromatic heterocycles.